The number of rotatable bonds is 0. The molecular formula is C7H12N2O. The summed E-state index contributed by atoms with van der Waals surface area (Å²) in [6.07, 6.45) is 3.38. The molecule has 0 radical (unpaired) electrons. The summed E-state index contributed by atoms with van der Waals surface area (Å²) in [5, 5.41) is 3.32. The van der Waals surface area contributed by atoms with E-state index in [1.165, 1.54) is 6.42 Å². The van der Waals surface area contributed by atoms with E-state index in [1.807, 2.05) is 4.90 Å². The number of nitrogens with one attached hydrogen (secondary N) is 1. The van der Waals surface area contributed by atoms with Crippen LogP contribution in [0.15, 0.2) is 0 Å². The lowest BCUT2D eigenvalue weighted by Gasteiger charge is -2.30. The van der Waals surface area contributed by atoms with Gasteiger partial charge >= 0.3 is 0 Å². The number of amides is 1. The summed E-state index contributed by atoms with van der Waals surface area (Å²) in [6, 6.07) is 0. The van der Waals surface area contributed by atoms with Crippen LogP contribution in [0.4, 0.5) is 0 Å². The highest BCUT2D eigenvalue weighted by Gasteiger charge is 2.30. The van der Waals surface area contributed by atoms with Crippen molar-refractivity contribution in [3.05, 3.63) is 0 Å². The number of nitrogens with zero attached hydrogens (tertiary/aromatic N) is 1. The van der Waals surface area contributed by atoms with Crippen LogP contribution in [0, 0.1) is 0 Å². The summed E-state index contributed by atoms with van der Waals surface area (Å²) in [7, 11) is 0. The van der Waals surface area contributed by atoms with Crippen LogP contribution in [-0.2, 0) is 4.79 Å². The highest BCUT2D eigenvalue weighted by atomic mass is 16.2. The minimum Gasteiger partial charge on any atom is -0.327 e. The van der Waals surface area contributed by atoms with Crippen molar-refractivity contribution in [1.29, 1.82) is 0 Å². The lowest BCUT2D eigenvalue weighted by atomic mass is 10.2. The van der Waals surface area contributed by atoms with Gasteiger partial charge in [0.15, 0.2) is 0 Å². The molecule has 2 aliphatic heterocycles. The quantitative estimate of drug-likeness (QED) is 0.510. The SMILES string of the molecule is O=C1CCNC2CCCN12. The van der Waals surface area contributed by atoms with Crippen molar-refractivity contribution in [1.82, 2.24) is 10.2 Å². The van der Waals surface area contributed by atoms with E-state index in [2.05, 4.69) is 5.32 Å². The topological polar surface area (TPSA) is 32.3 Å². The second kappa shape index (κ2) is 2.23. The zero-order valence-corrected chi connectivity index (χ0v) is 5.97. The monoisotopic (exact) mass is 140 g/mol. The second-order valence-electron chi connectivity index (χ2n) is 2.95. The molecule has 0 bridgehead atoms. The highest BCUT2D eigenvalue weighted by Crippen LogP contribution is 2.18. The van der Waals surface area contributed by atoms with Gasteiger partial charge in [-0.3, -0.25) is 10.1 Å². The second-order valence-corrected chi connectivity index (χ2v) is 2.95. The van der Waals surface area contributed by atoms with Gasteiger partial charge in [-0.2, -0.15) is 0 Å². The first-order valence-corrected chi connectivity index (χ1v) is 3.91. The maximum Gasteiger partial charge on any atom is 0.225 e. The summed E-state index contributed by atoms with van der Waals surface area (Å²) < 4.78 is 0. The van der Waals surface area contributed by atoms with Crippen molar-refractivity contribution in [2.75, 3.05) is 13.1 Å². The molecule has 2 heterocycles. The van der Waals surface area contributed by atoms with Gasteiger partial charge < -0.3 is 4.90 Å². The molecule has 3 heteroatoms. The third-order valence-corrected chi connectivity index (χ3v) is 2.29. The number of carbonyl (C=O) groups is 1. The first-order valence-electron chi connectivity index (χ1n) is 3.91. The molecule has 56 valence electrons. The molecule has 2 fully saturated rings. The molecule has 0 aromatic rings. The average molecular weight is 140 g/mol. The smallest absolute Gasteiger partial charge is 0.225 e. The highest BCUT2D eigenvalue weighted by molar-refractivity contribution is 5.77. The molecule has 0 saturated carbocycles. The molecule has 1 amide bonds. The van der Waals surface area contributed by atoms with Crippen molar-refractivity contribution in [3.8, 4) is 0 Å². The molecule has 1 N–H and O–H groups in total. The van der Waals surface area contributed by atoms with E-state index in [4.69, 9.17) is 0 Å². The summed E-state index contributed by atoms with van der Waals surface area (Å²) in [6.45, 7) is 1.84. The van der Waals surface area contributed by atoms with Crippen LogP contribution in [0.3, 0.4) is 0 Å². The maximum atomic E-state index is 11.2. The zero-order chi connectivity index (χ0) is 6.97. The Kier molecular flexibility index (Phi) is 1.38. The predicted octanol–water partition coefficient (Wildman–Crippen LogP) is -0.0718. The first-order chi connectivity index (χ1) is 4.88. The van der Waals surface area contributed by atoms with Gasteiger partial charge in [0.2, 0.25) is 5.91 Å². The third-order valence-electron chi connectivity index (χ3n) is 2.29. The Morgan fingerprint density at radius 2 is 2.50 bits per heavy atom. The van der Waals surface area contributed by atoms with Crippen LogP contribution in [0.25, 0.3) is 0 Å². The fraction of sp³-hybridized carbons (Fsp3) is 0.857. The summed E-state index contributed by atoms with van der Waals surface area (Å²) >= 11 is 0. The summed E-state index contributed by atoms with van der Waals surface area (Å²) in [4.78, 5) is 13.1. The van der Waals surface area contributed by atoms with E-state index in [9.17, 15) is 4.79 Å². The first kappa shape index (κ1) is 6.16. The molecule has 0 aliphatic carbocycles. The molecule has 0 spiro atoms. The van der Waals surface area contributed by atoms with E-state index < -0.39 is 0 Å². The average Bonchev–Trinajstić information content (AvgIpc) is 2.36. The van der Waals surface area contributed by atoms with Gasteiger partial charge in [-0.25, -0.2) is 0 Å². The van der Waals surface area contributed by atoms with E-state index >= 15 is 0 Å². The molecule has 2 aliphatic rings. The Hall–Kier alpha value is -0.570. The Labute approximate surface area is 60.4 Å². The van der Waals surface area contributed by atoms with Crippen molar-refractivity contribution in [2.24, 2.45) is 0 Å². The van der Waals surface area contributed by atoms with Gasteiger partial charge in [0.05, 0.1) is 6.17 Å². The molecule has 2 rings (SSSR count). The predicted molar refractivity (Wildman–Crippen MR) is 37.4 cm³/mol. The molecular weight excluding hydrogens is 128 g/mol. The van der Waals surface area contributed by atoms with Crippen LogP contribution in [0.2, 0.25) is 0 Å². The normalized spacial score (nSPS) is 32.6. The van der Waals surface area contributed by atoms with E-state index in [-0.39, 0.29) is 0 Å². The van der Waals surface area contributed by atoms with E-state index in [0.717, 1.165) is 19.5 Å². The van der Waals surface area contributed by atoms with Crippen LogP contribution in [0.1, 0.15) is 19.3 Å². The number of hydrogen-bond acceptors (Lipinski definition) is 2. The summed E-state index contributed by atoms with van der Waals surface area (Å²) in [5.74, 6) is 0.334. The van der Waals surface area contributed by atoms with Crippen LogP contribution >= 0.6 is 0 Å². The molecule has 1 unspecified atom stereocenters. The number of hydrogen-bond donors (Lipinski definition) is 1. The van der Waals surface area contributed by atoms with Crippen LogP contribution in [0.5, 0.6) is 0 Å². The largest absolute Gasteiger partial charge is 0.327 e. The van der Waals surface area contributed by atoms with Gasteiger partial charge in [0.25, 0.3) is 0 Å². The van der Waals surface area contributed by atoms with E-state index in [1.54, 1.807) is 0 Å². The van der Waals surface area contributed by atoms with Crippen molar-refractivity contribution in [3.63, 3.8) is 0 Å². The Balaban J connectivity index is 2.10. The minimum atomic E-state index is 0.334. The van der Waals surface area contributed by atoms with Crippen LogP contribution < -0.4 is 5.32 Å². The van der Waals surface area contributed by atoms with Gasteiger partial charge in [-0.15, -0.1) is 0 Å². The molecule has 10 heavy (non-hydrogen) atoms. The summed E-state index contributed by atoms with van der Waals surface area (Å²) in [5.41, 5.74) is 0. The minimum absolute atomic E-state index is 0.334. The van der Waals surface area contributed by atoms with Gasteiger partial charge in [-0.1, -0.05) is 0 Å². The van der Waals surface area contributed by atoms with Crippen molar-refractivity contribution < 1.29 is 4.79 Å². The lowest BCUT2D eigenvalue weighted by molar-refractivity contribution is -0.134. The Morgan fingerprint density at radius 1 is 1.60 bits per heavy atom. The fourth-order valence-corrected chi connectivity index (χ4v) is 1.77. The number of fused-ring (bicyclic) bond motifs is 1. The molecule has 3 nitrogen and oxygen atoms in total. The molecule has 1 atom stereocenters. The standard InChI is InChI=1S/C7H12N2O/c10-7-3-4-8-6-2-1-5-9(6)7/h6,8H,1-5H2. The fourth-order valence-electron chi connectivity index (χ4n) is 1.77. The molecule has 0 aromatic heterocycles. The van der Waals surface area contributed by atoms with Crippen molar-refractivity contribution >= 4 is 5.91 Å². The van der Waals surface area contributed by atoms with Gasteiger partial charge in [0.1, 0.15) is 0 Å². The van der Waals surface area contributed by atoms with Crippen LogP contribution in [-0.4, -0.2) is 30.1 Å². The molecule has 0 aromatic carbocycles. The zero-order valence-electron chi connectivity index (χ0n) is 5.97. The van der Waals surface area contributed by atoms with Crippen molar-refractivity contribution in [2.45, 2.75) is 25.4 Å². The maximum absolute atomic E-state index is 11.2. The van der Waals surface area contributed by atoms with Gasteiger partial charge in [0, 0.05) is 19.5 Å². The van der Waals surface area contributed by atoms with E-state index in [0.29, 0.717) is 18.5 Å². The number of carbonyl (C=O) groups excluding carboxylic acids is 1. The van der Waals surface area contributed by atoms with Gasteiger partial charge in [-0.05, 0) is 12.8 Å². The lowest BCUT2D eigenvalue weighted by Crippen LogP contribution is -2.50. The Morgan fingerprint density at radius 3 is 3.30 bits per heavy atom. The Bertz CT molecular complexity index is 158. The third kappa shape index (κ3) is 0.814. The molecule has 2 saturated heterocycles.